The lowest BCUT2D eigenvalue weighted by Gasteiger charge is -1.92. The van der Waals surface area contributed by atoms with Gasteiger partial charge in [0.05, 0.1) is 13.2 Å². The standard InChI is InChI=1S/C4H8O3/c1-2-6-4-7-3-5-1/h1-4H2. The summed E-state index contributed by atoms with van der Waals surface area (Å²) in [6.45, 7) is 2.06. The van der Waals surface area contributed by atoms with Crippen molar-refractivity contribution in [2.75, 3.05) is 26.8 Å². The zero-order valence-electron chi connectivity index (χ0n) is 4.05. The molecule has 0 atom stereocenters. The van der Waals surface area contributed by atoms with Crippen LogP contribution in [0.15, 0.2) is 0 Å². The van der Waals surface area contributed by atoms with Gasteiger partial charge in [-0.15, -0.1) is 0 Å². The third kappa shape index (κ3) is 1.87. The van der Waals surface area contributed by atoms with Gasteiger partial charge in [-0.1, -0.05) is 0 Å². The normalized spacial score (nSPS) is 24.0. The van der Waals surface area contributed by atoms with Crippen molar-refractivity contribution in [1.82, 2.24) is 0 Å². The van der Waals surface area contributed by atoms with Crippen molar-refractivity contribution in [3.05, 3.63) is 0 Å². The van der Waals surface area contributed by atoms with E-state index in [1.54, 1.807) is 0 Å². The summed E-state index contributed by atoms with van der Waals surface area (Å²) in [5.74, 6) is 0. The molecule has 0 aromatic carbocycles. The molecule has 0 aliphatic carbocycles. The lowest BCUT2D eigenvalue weighted by atomic mass is 10.8. The quantitative estimate of drug-likeness (QED) is 0.431. The Labute approximate surface area is 42.2 Å². The van der Waals surface area contributed by atoms with Crippen LogP contribution in [-0.2, 0) is 14.2 Å². The summed E-state index contributed by atoms with van der Waals surface area (Å²) >= 11 is 0. The summed E-state index contributed by atoms with van der Waals surface area (Å²) in [4.78, 5) is 0. The first-order valence-electron chi connectivity index (χ1n) is 2.23. The van der Waals surface area contributed by atoms with Gasteiger partial charge in [0.15, 0.2) is 0 Å². The molecule has 0 unspecified atom stereocenters. The van der Waals surface area contributed by atoms with Gasteiger partial charge in [0, 0.05) is 0 Å². The smallest absolute Gasteiger partial charge is 0.149 e. The van der Waals surface area contributed by atoms with Crippen molar-refractivity contribution >= 4 is 0 Å². The molecule has 1 aliphatic heterocycles. The predicted molar refractivity (Wildman–Crippen MR) is 22.7 cm³/mol. The second-order valence-corrected chi connectivity index (χ2v) is 1.26. The molecule has 0 spiro atoms. The molecule has 1 heterocycles. The minimum atomic E-state index is 0.375. The van der Waals surface area contributed by atoms with Gasteiger partial charge in [-0.2, -0.15) is 0 Å². The summed E-state index contributed by atoms with van der Waals surface area (Å²) in [6.07, 6.45) is 0. The van der Waals surface area contributed by atoms with E-state index in [4.69, 9.17) is 14.2 Å². The molecule has 0 aromatic heterocycles. The average Bonchev–Trinajstić information content (AvgIpc) is 1.90. The maximum Gasteiger partial charge on any atom is 0.149 e. The molecule has 42 valence electrons. The molecule has 0 amide bonds. The molecule has 7 heavy (non-hydrogen) atoms. The molecule has 1 saturated heterocycles. The summed E-state index contributed by atoms with van der Waals surface area (Å²) < 4.78 is 14.4. The Bertz CT molecular complexity index is 26.5. The number of hydrogen-bond donors (Lipinski definition) is 0. The highest BCUT2D eigenvalue weighted by Crippen LogP contribution is 1.86. The van der Waals surface area contributed by atoms with Gasteiger partial charge < -0.3 is 14.2 Å². The fourth-order valence-corrected chi connectivity index (χ4v) is 0.388. The number of hydrogen-bond acceptors (Lipinski definition) is 3. The minimum absolute atomic E-state index is 0.375. The maximum absolute atomic E-state index is 4.85. The van der Waals surface area contributed by atoms with Gasteiger partial charge in [0.2, 0.25) is 0 Å². The Morgan fingerprint density at radius 2 is 1.29 bits per heavy atom. The van der Waals surface area contributed by atoms with Gasteiger partial charge in [-0.25, -0.2) is 0 Å². The van der Waals surface area contributed by atoms with Crippen molar-refractivity contribution in [2.45, 2.75) is 0 Å². The summed E-state index contributed by atoms with van der Waals surface area (Å²) in [5.41, 5.74) is 0. The van der Waals surface area contributed by atoms with Crippen LogP contribution in [0, 0.1) is 0 Å². The van der Waals surface area contributed by atoms with E-state index in [2.05, 4.69) is 0 Å². The highest BCUT2D eigenvalue weighted by atomic mass is 16.8. The van der Waals surface area contributed by atoms with Crippen LogP contribution in [0.25, 0.3) is 0 Å². The average molecular weight is 104 g/mol. The molecule has 0 radical (unpaired) electrons. The number of rotatable bonds is 0. The largest absolute Gasteiger partial charge is 0.353 e. The van der Waals surface area contributed by atoms with E-state index in [0.717, 1.165) is 0 Å². The van der Waals surface area contributed by atoms with Crippen LogP contribution in [0.2, 0.25) is 0 Å². The van der Waals surface area contributed by atoms with Crippen LogP contribution in [0.1, 0.15) is 0 Å². The van der Waals surface area contributed by atoms with Gasteiger partial charge in [0.25, 0.3) is 0 Å². The monoisotopic (exact) mass is 104 g/mol. The van der Waals surface area contributed by atoms with Gasteiger partial charge >= 0.3 is 0 Å². The van der Waals surface area contributed by atoms with E-state index in [1.165, 1.54) is 0 Å². The third-order valence-corrected chi connectivity index (χ3v) is 0.705. The Balaban J connectivity index is 2.04. The van der Waals surface area contributed by atoms with Crippen LogP contribution in [0.3, 0.4) is 0 Å². The molecule has 1 rings (SSSR count). The lowest BCUT2D eigenvalue weighted by Crippen LogP contribution is -1.96. The SMILES string of the molecule is C1COCOCO1. The second-order valence-electron chi connectivity index (χ2n) is 1.26. The fourth-order valence-electron chi connectivity index (χ4n) is 0.388. The molecule has 1 fully saturated rings. The van der Waals surface area contributed by atoms with Crippen LogP contribution in [0.5, 0.6) is 0 Å². The fraction of sp³-hybridized carbons (Fsp3) is 1.00. The van der Waals surface area contributed by atoms with E-state index >= 15 is 0 Å². The molecule has 0 saturated carbocycles. The van der Waals surface area contributed by atoms with Crippen molar-refractivity contribution in [1.29, 1.82) is 0 Å². The molecule has 0 N–H and O–H groups in total. The molecule has 3 heteroatoms. The molecular formula is C4H8O3. The molecule has 3 nitrogen and oxygen atoms in total. The van der Waals surface area contributed by atoms with E-state index < -0.39 is 0 Å². The first-order valence-corrected chi connectivity index (χ1v) is 2.23. The van der Waals surface area contributed by atoms with E-state index in [-0.39, 0.29) is 0 Å². The van der Waals surface area contributed by atoms with Crippen LogP contribution < -0.4 is 0 Å². The van der Waals surface area contributed by atoms with Crippen molar-refractivity contribution in [3.8, 4) is 0 Å². The van der Waals surface area contributed by atoms with Crippen molar-refractivity contribution in [2.24, 2.45) is 0 Å². The van der Waals surface area contributed by atoms with Crippen LogP contribution in [-0.4, -0.2) is 26.8 Å². The van der Waals surface area contributed by atoms with Gasteiger partial charge in [-0.3, -0.25) is 0 Å². The predicted octanol–water partition coefficient (Wildman–Crippen LogP) is -0.0352. The van der Waals surface area contributed by atoms with Crippen LogP contribution in [0.4, 0.5) is 0 Å². The second kappa shape index (κ2) is 2.96. The zero-order chi connectivity index (χ0) is 4.95. The molecule has 0 aromatic rings. The summed E-state index contributed by atoms with van der Waals surface area (Å²) in [5, 5.41) is 0. The van der Waals surface area contributed by atoms with E-state index in [0.29, 0.717) is 26.8 Å². The summed E-state index contributed by atoms with van der Waals surface area (Å²) in [7, 11) is 0. The highest BCUT2D eigenvalue weighted by Gasteiger charge is 1.93. The molecule has 0 bridgehead atoms. The van der Waals surface area contributed by atoms with Crippen molar-refractivity contribution < 1.29 is 14.2 Å². The Morgan fingerprint density at radius 1 is 0.714 bits per heavy atom. The zero-order valence-corrected chi connectivity index (χ0v) is 4.05. The lowest BCUT2D eigenvalue weighted by molar-refractivity contribution is -0.0764. The topological polar surface area (TPSA) is 27.7 Å². The third-order valence-electron chi connectivity index (χ3n) is 0.705. The first kappa shape index (κ1) is 5.03. The van der Waals surface area contributed by atoms with Crippen LogP contribution >= 0.6 is 0 Å². The molecule has 1 aliphatic rings. The Morgan fingerprint density at radius 3 is 1.86 bits per heavy atom. The highest BCUT2D eigenvalue weighted by molar-refractivity contribution is 4.25. The van der Waals surface area contributed by atoms with E-state index in [1.807, 2.05) is 0 Å². The van der Waals surface area contributed by atoms with Gasteiger partial charge in [0.1, 0.15) is 13.6 Å². The molecular weight excluding hydrogens is 96.0 g/mol. The maximum atomic E-state index is 4.85. The Hall–Kier alpha value is -0.120. The van der Waals surface area contributed by atoms with Gasteiger partial charge in [-0.05, 0) is 0 Å². The van der Waals surface area contributed by atoms with E-state index in [9.17, 15) is 0 Å². The van der Waals surface area contributed by atoms with Crippen molar-refractivity contribution in [3.63, 3.8) is 0 Å². The Kier molecular flexibility index (Phi) is 2.12. The minimum Gasteiger partial charge on any atom is -0.353 e. The number of ether oxygens (including phenoxy) is 3. The summed E-state index contributed by atoms with van der Waals surface area (Å²) in [6, 6.07) is 0. The first-order chi connectivity index (χ1) is 3.50.